The quantitative estimate of drug-likeness (QED) is 0.634. The smallest absolute Gasteiger partial charge is 0.404 e. The summed E-state index contributed by atoms with van der Waals surface area (Å²) in [6.45, 7) is 6.30. The fourth-order valence-electron chi connectivity index (χ4n) is 2.02. The molecule has 0 bridgehead atoms. The molecular weight excluding hydrogens is 180 g/mol. The Morgan fingerprint density at radius 2 is 1.86 bits per heavy atom. The van der Waals surface area contributed by atoms with Crippen LogP contribution >= 0.6 is 0 Å². The highest BCUT2D eigenvalue weighted by molar-refractivity contribution is 5.65. The molecule has 0 aromatic carbocycles. The van der Waals surface area contributed by atoms with Gasteiger partial charge in [-0.05, 0) is 40.0 Å². The van der Waals surface area contributed by atoms with Crippen LogP contribution in [0.1, 0.15) is 40.0 Å². The first kappa shape index (κ1) is 11.3. The van der Waals surface area contributed by atoms with Gasteiger partial charge in [-0.15, -0.1) is 0 Å². The Kier molecular flexibility index (Phi) is 3.37. The Morgan fingerprint density at radius 1 is 1.29 bits per heavy atom. The molecule has 14 heavy (non-hydrogen) atoms. The standard InChI is InChI=1S/C10H20N2O2/c1-10(2,3)12-8-6-4-5-7(8)11-9(13)14/h7-8,11-12H,4-6H2,1-3H3,(H,13,14). The second-order valence-electron chi connectivity index (χ2n) is 4.99. The highest BCUT2D eigenvalue weighted by atomic mass is 16.4. The minimum absolute atomic E-state index is 0.0490. The van der Waals surface area contributed by atoms with E-state index in [1.54, 1.807) is 0 Å². The largest absolute Gasteiger partial charge is 0.465 e. The van der Waals surface area contributed by atoms with Gasteiger partial charge in [-0.2, -0.15) is 0 Å². The van der Waals surface area contributed by atoms with Gasteiger partial charge in [0, 0.05) is 17.6 Å². The molecule has 0 aliphatic heterocycles. The predicted octanol–water partition coefficient (Wildman–Crippen LogP) is 1.56. The minimum Gasteiger partial charge on any atom is -0.465 e. The third-order valence-electron chi connectivity index (χ3n) is 2.44. The first-order valence-corrected chi connectivity index (χ1v) is 5.15. The van der Waals surface area contributed by atoms with Crippen molar-refractivity contribution in [1.29, 1.82) is 0 Å². The number of carboxylic acid groups (broad SMARTS) is 1. The van der Waals surface area contributed by atoms with Crippen LogP contribution in [0.4, 0.5) is 4.79 Å². The van der Waals surface area contributed by atoms with Gasteiger partial charge in [-0.1, -0.05) is 0 Å². The number of hydrogen-bond donors (Lipinski definition) is 3. The van der Waals surface area contributed by atoms with Crippen molar-refractivity contribution in [2.24, 2.45) is 0 Å². The molecule has 1 saturated carbocycles. The van der Waals surface area contributed by atoms with Crippen LogP contribution in [-0.4, -0.2) is 28.8 Å². The molecule has 0 radical (unpaired) electrons. The van der Waals surface area contributed by atoms with Crippen LogP contribution in [0, 0.1) is 0 Å². The summed E-state index contributed by atoms with van der Waals surface area (Å²) in [5.74, 6) is 0. The lowest BCUT2D eigenvalue weighted by atomic mass is 10.0. The van der Waals surface area contributed by atoms with Crippen molar-refractivity contribution in [2.75, 3.05) is 0 Å². The van der Waals surface area contributed by atoms with Gasteiger partial charge in [-0.25, -0.2) is 4.79 Å². The SMILES string of the molecule is CC(C)(C)NC1CCCC1NC(=O)O. The highest BCUT2D eigenvalue weighted by Crippen LogP contribution is 2.21. The third-order valence-corrected chi connectivity index (χ3v) is 2.44. The van der Waals surface area contributed by atoms with Gasteiger partial charge in [-0.3, -0.25) is 0 Å². The second-order valence-corrected chi connectivity index (χ2v) is 4.99. The number of rotatable bonds is 2. The maximum atomic E-state index is 10.5. The Labute approximate surface area is 85.1 Å². The maximum absolute atomic E-state index is 10.5. The van der Waals surface area contributed by atoms with Crippen LogP contribution in [0.15, 0.2) is 0 Å². The van der Waals surface area contributed by atoms with Gasteiger partial charge in [0.1, 0.15) is 0 Å². The fourth-order valence-corrected chi connectivity index (χ4v) is 2.02. The van der Waals surface area contributed by atoms with Gasteiger partial charge in [0.15, 0.2) is 0 Å². The molecule has 0 heterocycles. The van der Waals surface area contributed by atoms with Gasteiger partial charge in [0.2, 0.25) is 0 Å². The van der Waals surface area contributed by atoms with Crippen molar-refractivity contribution < 1.29 is 9.90 Å². The Morgan fingerprint density at radius 3 is 2.36 bits per heavy atom. The van der Waals surface area contributed by atoms with E-state index in [0.29, 0.717) is 0 Å². The molecule has 4 nitrogen and oxygen atoms in total. The summed E-state index contributed by atoms with van der Waals surface area (Å²) >= 11 is 0. The highest BCUT2D eigenvalue weighted by Gasteiger charge is 2.30. The van der Waals surface area contributed by atoms with Gasteiger partial charge >= 0.3 is 6.09 Å². The van der Waals surface area contributed by atoms with Crippen molar-refractivity contribution in [3.05, 3.63) is 0 Å². The monoisotopic (exact) mass is 200 g/mol. The molecule has 0 aromatic heterocycles. The zero-order valence-electron chi connectivity index (χ0n) is 9.13. The van der Waals surface area contributed by atoms with Crippen molar-refractivity contribution in [1.82, 2.24) is 10.6 Å². The molecule has 1 aliphatic rings. The summed E-state index contributed by atoms with van der Waals surface area (Å²) in [5.41, 5.74) is 0.0490. The van der Waals surface area contributed by atoms with Crippen molar-refractivity contribution in [3.8, 4) is 0 Å². The average molecular weight is 200 g/mol. The molecular formula is C10H20N2O2. The lowest BCUT2D eigenvalue weighted by molar-refractivity contribution is 0.186. The molecule has 2 unspecified atom stereocenters. The zero-order chi connectivity index (χ0) is 10.8. The molecule has 0 saturated heterocycles. The Balaban J connectivity index is 2.47. The normalized spacial score (nSPS) is 27.6. The van der Waals surface area contributed by atoms with Crippen LogP contribution < -0.4 is 10.6 Å². The average Bonchev–Trinajstić information content (AvgIpc) is 2.32. The van der Waals surface area contributed by atoms with E-state index in [9.17, 15) is 4.79 Å². The second kappa shape index (κ2) is 4.17. The summed E-state index contributed by atoms with van der Waals surface area (Å²) in [4.78, 5) is 10.5. The molecule has 1 rings (SSSR count). The van der Waals surface area contributed by atoms with E-state index in [1.807, 2.05) is 0 Å². The van der Waals surface area contributed by atoms with Crippen LogP contribution in [0.3, 0.4) is 0 Å². The van der Waals surface area contributed by atoms with Gasteiger partial charge < -0.3 is 15.7 Å². The topological polar surface area (TPSA) is 61.4 Å². The van der Waals surface area contributed by atoms with Gasteiger partial charge in [0.05, 0.1) is 0 Å². The summed E-state index contributed by atoms with van der Waals surface area (Å²) in [5, 5.41) is 14.7. The predicted molar refractivity (Wildman–Crippen MR) is 55.5 cm³/mol. The number of carbonyl (C=O) groups is 1. The van der Waals surface area contributed by atoms with E-state index in [0.717, 1.165) is 19.3 Å². The van der Waals surface area contributed by atoms with E-state index in [-0.39, 0.29) is 17.6 Å². The molecule has 0 spiro atoms. The minimum atomic E-state index is -0.919. The molecule has 1 aliphatic carbocycles. The number of amides is 1. The van der Waals surface area contributed by atoms with Crippen LogP contribution in [0.25, 0.3) is 0 Å². The summed E-state index contributed by atoms with van der Waals surface area (Å²) in [7, 11) is 0. The van der Waals surface area contributed by atoms with Crippen LogP contribution in [-0.2, 0) is 0 Å². The molecule has 2 atom stereocenters. The van der Waals surface area contributed by atoms with E-state index < -0.39 is 6.09 Å². The summed E-state index contributed by atoms with van der Waals surface area (Å²) < 4.78 is 0. The number of nitrogens with one attached hydrogen (secondary N) is 2. The molecule has 4 heteroatoms. The number of hydrogen-bond acceptors (Lipinski definition) is 2. The van der Waals surface area contributed by atoms with Crippen molar-refractivity contribution in [2.45, 2.75) is 57.7 Å². The van der Waals surface area contributed by atoms with Crippen LogP contribution in [0.2, 0.25) is 0 Å². The third kappa shape index (κ3) is 3.54. The van der Waals surface area contributed by atoms with Crippen molar-refractivity contribution in [3.63, 3.8) is 0 Å². The molecule has 1 amide bonds. The Bertz CT molecular complexity index is 211. The first-order valence-electron chi connectivity index (χ1n) is 5.15. The molecule has 0 aromatic rings. The van der Waals surface area contributed by atoms with E-state index in [1.165, 1.54) is 0 Å². The first-order chi connectivity index (χ1) is 6.38. The van der Waals surface area contributed by atoms with E-state index >= 15 is 0 Å². The van der Waals surface area contributed by atoms with E-state index in [4.69, 9.17) is 5.11 Å². The molecule has 82 valence electrons. The summed E-state index contributed by atoms with van der Waals surface area (Å²) in [6.07, 6.45) is 2.18. The lowest BCUT2D eigenvalue weighted by Gasteiger charge is -2.29. The summed E-state index contributed by atoms with van der Waals surface area (Å²) in [6, 6.07) is 0.359. The Hall–Kier alpha value is -0.770. The fraction of sp³-hybridized carbons (Fsp3) is 0.900. The molecule has 1 fully saturated rings. The molecule has 3 N–H and O–H groups in total. The van der Waals surface area contributed by atoms with Gasteiger partial charge in [0.25, 0.3) is 0 Å². The lowest BCUT2D eigenvalue weighted by Crippen LogP contribution is -2.52. The zero-order valence-corrected chi connectivity index (χ0v) is 9.13. The van der Waals surface area contributed by atoms with Crippen LogP contribution in [0.5, 0.6) is 0 Å². The maximum Gasteiger partial charge on any atom is 0.404 e. The van der Waals surface area contributed by atoms with Crippen molar-refractivity contribution >= 4 is 6.09 Å². The van der Waals surface area contributed by atoms with E-state index in [2.05, 4.69) is 31.4 Å².